The Kier molecular flexibility index (Phi) is 5.46. The van der Waals surface area contributed by atoms with Gasteiger partial charge in [-0.2, -0.15) is 4.31 Å². The molecule has 1 aliphatic carbocycles. The molecule has 0 spiro atoms. The molecule has 2 aliphatic rings. The number of hydrogen-bond donors (Lipinski definition) is 1. The summed E-state index contributed by atoms with van der Waals surface area (Å²) in [4.78, 5) is 16.9. The molecule has 1 amide bonds. The van der Waals surface area contributed by atoms with E-state index in [1.54, 1.807) is 18.3 Å². The minimum atomic E-state index is -3.54. The molecule has 1 atom stereocenters. The summed E-state index contributed by atoms with van der Waals surface area (Å²) in [5, 5.41) is 3.21. The van der Waals surface area contributed by atoms with Crippen molar-refractivity contribution in [2.24, 2.45) is 5.92 Å². The molecule has 0 radical (unpaired) electrons. The molecule has 1 aromatic carbocycles. The zero-order valence-electron chi connectivity index (χ0n) is 15.8. The van der Waals surface area contributed by atoms with Gasteiger partial charge in [0.2, 0.25) is 15.9 Å². The van der Waals surface area contributed by atoms with Gasteiger partial charge in [-0.15, -0.1) is 0 Å². The number of carbonyl (C=O) groups excluding carboxylic acids is 1. The standard InChI is InChI=1S/C21H25N3O3S/c25-21(23-20-9-3-6-16-5-1-2-8-19(16)20)17-10-13-24(14-11-17)28(26,27)18-7-4-12-22-15-18/h1-2,4-5,7-8,12,15,17,20H,3,6,9-11,13-14H2,(H,23,25). The lowest BCUT2D eigenvalue weighted by molar-refractivity contribution is -0.127. The second-order valence-electron chi connectivity index (χ2n) is 7.52. The van der Waals surface area contributed by atoms with E-state index in [0.717, 1.165) is 19.3 Å². The van der Waals surface area contributed by atoms with E-state index >= 15 is 0 Å². The predicted molar refractivity (Wildman–Crippen MR) is 106 cm³/mol. The highest BCUT2D eigenvalue weighted by Crippen LogP contribution is 2.30. The van der Waals surface area contributed by atoms with Crippen molar-refractivity contribution in [2.75, 3.05) is 13.1 Å². The van der Waals surface area contributed by atoms with Crippen LogP contribution in [0.2, 0.25) is 0 Å². The lowest BCUT2D eigenvalue weighted by atomic mass is 9.87. The molecule has 28 heavy (non-hydrogen) atoms. The van der Waals surface area contributed by atoms with Crippen molar-refractivity contribution >= 4 is 15.9 Å². The van der Waals surface area contributed by atoms with E-state index in [9.17, 15) is 13.2 Å². The summed E-state index contributed by atoms with van der Waals surface area (Å²) in [5.74, 6) is -0.102. The smallest absolute Gasteiger partial charge is 0.244 e. The third-order valence-electron chi connectivity index (χ3n) is 5.78. The SMILES string of the molecule is O=C(NC1CCCc2ccccc21)C1CCN(S(=O)(=O)c2cccnc2)CC1. The van der Waals surface area contributed by atoms with Crippen LogP contribution in [0, 0.1) is 5.92 Å². The maximum atomic E-state index is 12.8. The van der Waals surface area contributed by atoms with Gasteiger partial charge in [-0.05, 0) is 55.4 Å². The van der Waals surface area contributed by atoms with Crippen LogP contribution in [0.5, 0.6) is 0 Å². The molecule has 148 valence electrons. The second kappa shape index (κ2) is 8.01. The molecule has 1 aliphatic heterocycles. The molecule has 1 N–H and O–H groups in total. The van der Waals surface area contributed by atoms with Gasteiger partial charge in [0.1, 0.15) is 4.90 Å². The first-order chi connectivity index (χ1) is 13.6. The maximum absolute atomic E-state index is 12.8. The summed E-state index contributed by atoms with van der Waals surface area (Å²) < 4.78 is 26.9. The molecule has 1 saturated heterocycles. The quantitative estimate of drug-likeness (QED) is 0.857. The Morgan fingerprint density at radius 2 is 1.86 bits per heavy atom. The van der Waals surface area contributed by atoms with Crippen LogP contribution in [-0.4, -0.2) is 36.7 Å². The Balaban J connectivity index is 1.37. The van der Waals surface area contributed by atoms with E-state index in [1.165, 1.54) is 21.6 Å². The molecule has 1 fully saturated rings. The first kappa shape index (κ1) is 19.1. The molecular weight excluding hydrogens is 374 g/mol. The fourth-order valence-electron chi connectivity index (χ4n) is 4.20. The highest BCUT2D eigenvalue weighted by Gasteiger charge is 2.33. The highest BCUT2D eigenvalue weighted by molar-refractivity contribution is 7.89. The van der Waals surface area contributed by atoms with Gasteiger partial charge in [0.15, 0.2) is 0 Å². The van der Waals surface area contributed by atoms with Crippen molar-refractivity contribution in [3.63, 3.8) is 0 Å². The Morgan fingerprint density at radius 1 is 1.07 bits per heavy atom. The number of rotatable bonds is 4. The summed E-state index contributed by atoms with van der Waals surface area (Å²) in [5.41, 5.74) is 2.54. The highest BCUT2D eigenvalue weighted by atomic mass is 32.2. The van der Waals surface area contributed by atoms with Gasteiger partial charge >= 0.3 is 0 Å². The number of benzene rings is 1. The third-order valence-corrected chi connectivity index (χ3v) is 7.67. The Morgan fingerprint density at radius 3 is 2.61 bits per heavy atom. The second-order valence-corrected chi connectivity index (χ2v) is 9.46. The van der Waals surface area contributed by atoms with Crippen LogP contribution in [0.25, 0.3) is 0 Å². The molecule has 1 unspecified atom stereocenters. The summed E-state index contributed by atoms with van der Waals surface area (Å²) in [6, 6.07) is 11.5. The maximum Gasteiger partial charge on any atom is 0.244 e. The first-order valence-electron chi connectivity index (χ1n) is 9.84. The molecule has 7 heteroatoms. The van der Waals surface area contributed by atoms with Crippen molar-refractivity contribution < 1.29 is 13.2 Å². The van der Waals surface area contributed by atoms with E-state index in [0.29, 0.717) is 25.9 Å². The number of fused-ring (bicyclic) bond motifs is 1. The number of nitrogens with one attached hydrogen (secondary N) is 1. The lowest BCUT2D eigenvalue weighted by Crippen LogP contribution is -2.44. The van der Waals surface area contributed by atoms with E-state index in [-0.39, 0.29) is 22.8 Å². The number of piperidine rings is 1. The fourth-order valence-corrected chi connectivity index (χ4v) is 5.63. The normalized spacial score (nSPS) is 21.1. The molecule has 0 bridgehead atoms. The van der Waals surface area contributed by atoms with Crippen LogP contribution in [0.15, 0.2) is 53.7 Å². The number of aromatic nitrogens is 1. The van der Waals surface area contributed by atoms with Gasteiger partial charge in [0.05, 0.1) is 6.04 Å². The lowest BCUT2D eigenvalue weighted by Gasteiger charge is -2.32. The van der Waals surface area contributed by atoms with Crippen LogP contribution in [0.3, 0.4) is 0 Å². The summed E-state index contributed by atoms with van der Waals surface area (Å²) in [7, 11) is -3.54. The van der Waals surface area contributed by atoms with Crippen molar-refractivity contribution in [2.45, 2.75) is 43.0 Å². The average Bonchev–Trinajstić information content (AvgIpc) is 2.75. The van der Waals surface area contributed by atoms with E-state index in [4.69, 9.17) is 0 Å². The number of amides is 1. The predicted octanol–water partition coefficient (Wildman–Crippen LogP) is 2.68. The molecular formula is C21H25N3O3S. The number of aryl methyl sites for hydroxylation is 1. The van der Waals surface area contributed by atoms with Gasteiger partial charge < -0.3 is 5.32 Å². The minimum absolute atomic E-state index is 0.0418. The van der Waals surface area contributed by atoms with E-state index in [1.807, 2.05) is 12.1 Å². The minimum Gasteiger partial charge on any atom is -0.349 e. The van der Waals surface area contributed by atoms with Gasteiger partial charge in [-0.3, -0.25) is 9.78 Å². The van der Waals surface area contributed by atoms with Crippen molar-refractivity contribution in [1.82, 2.24) is 14.6 Å². The van der Waals surface area contributed by atoms with Crippen LogP contribution >= 0.6 is 0 Å². The van der Waals surface area contributed by atoms with E-state index in [2.05, 4.69) is 22.4 Å². The third kappa shape index (κ3) is 3.82. The van der Waals surface area contributed by atoms with Gasteiger partial charge in [-0.25, -0.2) is 8.42 Å². The summed E-state index contributed by atoms with van der Waals surface area (Å²) in [6.45, 7) is 0.715. The fraction of sp³-hybridized carbons (Fsp3) is 0.429. The number of pyridine rings is 1. The van der Waals surface area contributed by atoms with Gasteiger partial charge in [-0.1, -0.05) is 24.3 Å². The van der Waals surface area contributed by atoms with Crippen LogP contribution in [0.4, 0.5) is 0 Å². The summed E-state index contributed by atoms with van der Waals surface area (Å²) in [6.07, 6.45) is 7.10. The molecule has 1 aromatic heterocycles. The summed E-state index contributed by atoms with van der Waals surface area (Å²) >= 11 is 0. The number of nitrogens with zero attached hydrogens (tertiary/aromatic N) is 2. The van der Waals surface area contributed by atoms with Gasteiger partial charge in [0, 0.05) is 31.4 Å². The van der Waals surface area contributed by atoms with Crippen LogP contribution < -0.4 is 5.32 Å². The molecule has 2 heterocycles. The van der Waals surface area contributed by atoms with Crippen LogP contribution in [0.1, 0.15) is 42.9 Å². The Labute approximate surface area is 166 Å². The van der Waals surface area contributed by atoms with Gasteiger partial charge in [0.25, 0.3) is 0 Å². The van der Waals surface area contributed by atoms with Crippen molar-refractivity contribution in [3.8, 4) is 0 Å². The topological polar surface area (TPSA) is 79.4 Å². The van der Waals surface area contributed by atoms with Crippen LogP contribution in [-0.2, 0) is 21.2 Å². The first-order valence-corrected chi connectivity index (χ1v) is 11.3. The largest absolute Gasteiger partial charge is 0.349 e. The molecule has 4 rings (SSSR count). The monoisotopic (exact) mass is 399 g/mol. The number of hydrogen-bond acceptors (Lipinski definition) is 4. The zero-order chi connectivity index (χ0) is 19.6. The van der Waals surface area contributed by atoms with Crippen molar-refractivity contribution in [1.29, 1.82) is 0 Å². The number of sulfonamides is 1. The van der Waals surface area contributed by atoms with Crippen molar-refractivity contribution in [3.05, 3.63) is 59.9 Å². The molecule has 0 saturated carbocycles. The average molecular weight is 400 g/mol. The Bertz CT molecular complexity index is 938. The van der Waals surface area contributed by atoms with E-state index < -0.39 is 10.0 Å². The molecule has 2 aromatic rings. The number of carbonyl (C=O) groups is 1. The Hall–Kier alpha value is -2.25. The molecule has 6 nitrogen and oxygen atoms in total. The zero-order valence-corrected chi connectivity index (χ0v) is 16.6.